The first-order valence-electron chi connectivity index (χ1n) is 7.23. The molecule has 0 atom stereocenters. The SMILES string of the molecule is CCOc1ccc(NC(=O)N2CCC(CO)CC2)cc1F. The predicted octanol–water partition coefficient (Wildman–Crippen LogP) is 2.46. The minimum absolute atomic E-state index is 0.166. The van der Waals surface area contributed by atoms with Crippen molar-refractivity contribution < 1.29 is 19.0 Å². The van der Waals surface area contributed by atoms with E-state index in [1.54, 1.807) is 17.9 Å². The van der Waals surface area contributed by atoms with Crippen LogP contribution in [0.1, 0.15) is 19.8 Å². The van der Waals surface area contributed by atoms with Crippen molar-refractivity contribution in [2.24, 2.45) is 5.92 Å². The number of hydrogen-bond acceptors (Lipinski definition) is 3. The Labute approximate surface area is 123 Å². The van der Waals surface area contributed by atoms with Gasteiger partial charge in [-0.25, -0.2) is 9.18 Å². The molecule has 0 aliphatic carbocycles. The monoisotopic (exact) mass is 296 g/mol. The molecule has 116 valence electrons. The Balaban J connectivity index is 1.92. The molecule has 2 rings (SSSR count). The van der Waals surface area contributed by atoms with Crippen molar-refractivity contribution in [2.45, 2.75) is 19.8 Å². The van der Waals surface area contributed by atoms with Gasteiger partial charge in [0, 0.05) is 31.5 Å². The van der Waals surface area contributed by atoms with Crippen LogP contribution in [-0.2, 0) is 0 Å². The van der Waals surface area contributed by atoms with E-state index in [2.05, 4.69) is 5.32 Å². The molecule has 0 unspecified atom stereocenters. The average molecular weight is 296 g/mol. The van der Waals surface area contributed by atoms with Crippen molar-refractivity contribution in [1.82, 2.24) is 4.90 Å². The maximum Gasteiger partial charge on any atom is 0.321 e. The summed E-state index contributed by atoms with van der Waals surface area (Å²) in [7, 11) is 0. The van der Waals surface area contributed by atoms with E-state index in [-0.39, 0.29) is 24.3 Å². The second-order valence-corrected chi connectivity index (χ2v) is 5.12. The number of ether oxygens (including phenoxy) is 1. The standard InChI is InChI=1S/C15H21FN2O3/c1-2-21-14-4-3-12(9-13(14)16)17-15(20)18-7-5-11(10-19)6-8-18/h3-4,9,11,19H,2,5-8,10H2,1H3,(H,17,20). The molecule has 6 heteroatoms. The lowest BCUT2D eigenvalue weighted by atomic mass is 9.98. The van der Waals surface area contributed by atoms with Gasteiger partial charge < -0.3 is 20.1 Å². The molecular weight excluding hydrogens is 275 g/mol. The van der Waals surface area contributed by atoms with Gasteiger partial charge in [-0.2, -0.15) is 0 Å². The number of carbonyl (C=O) groups excluding carboxylic acids is 1. The summed E-state index contributed by atoms with van der Waals surface area (Å²) in [5, 5.41) is 11.8. The van der Waals surface area contributed by atoms with Gasteiger partial charge in [-0.05, 0) is 37.8 Å². The van der Waals surface area contributed by atoms with Crippen molar-refractivity contribution in [1.29, 1.82) is 0 Å². The molecule has 0 spiro atoms. The second kappa shape index (κ2) is 7.26. The van der Waals surface area contributed by atoms with Gasteiger partial charge in [0.25, 0.3) is 0 Å². The van der Waals surface area contributed by atoms with Gasteiger partial charge in [0.15, 0.2) is 11.6 Å². The highest BCUT2D eigenvalue weighted by molar-refractivity contribution is 5.89. The molecule has 1 aliphatic rings. The zero-order valence-electron chi connectivity index (χ0n) is 12.1. The maximum atomic E-state index is 13.7. The number of urea groups is 1. The molecule has 0 saturated carbocycles. The Morgan fingerprint density at radius 2 is 2.19 bits per heavy atom. The van der Waals surface area contributed by atoms with E-state index in [0.717, 1.165) is 12.8 Å². The summed E-state index contributed by atoms with van der Waals surface area (Å²) >= 11 is 0. The summed E-state index contributed by atoms with van der Waals surface area (Å²) in [6.45, 7) is 3.56. The molecule has 1 aromatic rings. The third-order valence-electron chi connectivity index (χ3n) is 3.64. The summed E-state index contributed by atoms with van der Waals surface area (Å²) in [6, 6.07) is 4.14. The van der Waals surface area contributed by atoms with Crippen LogP contribution >= 0.6 is 0 Å². The molecular formula is C15H21FN2O3. The molecule has 1 fully saturated rings. The van der Waals surface area contributed by atoms with E-state index >= 15 is 0 Å². The zero-order chi connectivity index (χ0) is 15.2. The highest BCUT2D eigenvalue weighted by atomic mass is 19.1. The van der Waals surface area contributed by atoms with Gasteiger partial charge in [-0.1, -0.05) is 0 Å². The number of aliphatic hydroxyl groups is 1. The molecule has 1 saturated heterocycles. The fraction of sp³-hybridized carbons (Fsp3) is 0.533. The van der Waals surface area contributed by atoms with Gasteiger partial charge in [0.05, 0.1) is 6.61 Å². The van der Waals surface area contributed by atoms with Gasteiger partial charge >= 0.3 is 6.03 Å². The van der Waals surface area contributed by atoms with Crippen LogP contribution in [-0.4, -0.2) is 42.3 Å². The number of likely N-dealkylation sites (tertiary alicyclic amines) is 1. The van der Waals surface area contributed by atoms with Crippen LogP contribution in [0, 0.1) is 11.7 Å². The number of anilines is 1. The predicted molar refractivity (Wildman–Crippen MR) is 78.0 cm³/mol. The number of amides is 2. The van der Waals surface area contributed by atoms with E-state index < -0.39 is 5.82 Å². The molecule has 1 aliphatic heterocycles. The van der Waals surface area contributed by atoms with Crippen molar-refractivity contribution >= 4 is 11.7 Å². The number of rotatable bonds is 4. The van der Waals surface area contributed by atoms with Crippen LogP contribution in [0.5, 0.6) is 5.75 Å². The number of hydrogen-bond donors (Lipinski definition) is 2. The number of carbonyl (C=O) groups is 1. The van der Waals surface area contributed by atoms with Gasteiger partial charge in [-0.3, -0.25) is 0 Å². The normalized spacial score (nSPS) is 15.9. The Morgan fingerprint density at radius 3 is 2.76 bits per heavy atom. The number of halogens is 1. The first kappa shape index (κ1) is 15.6. The summed E-state index contributed by atoms with van der Waals surface area (Å²) < 4.78 is 18.8. The molecule has 21 heavy (non-hydrogen) atoms. The van der Waals surface area contributed by atoms with Crippen molar-refractivity contribution in [3.63, 3.8) is 0 Å². The average Bonchev–Trinajstić information content (AvgIpc) is 2.50. The summed E-state index contributed by atoms with van der Waals surface area (Å²) in [4.78, 5) is 13.8. The second-order valence-electron chi connectivity index (χ2n) is 5.12. The van der Waals surface area contributed by atoms with Crippen LogP contribution in [0.2, 0.25) is 0 Å². The lowest BCUT2D eigenvalue weighted by Crippen LogP contribution is -2.41. The number of nitrogens with zero attached hydrogens (tertiary/aromatic N) is 1. The lowest BCUT2D eigenvalue weighted by molar-refractivity contribution is 0.143. The van der Waals surface area contributed by atoms with E-state index in [9.17, 15) is 9.18 Å². The van der Waals surface area contributed by atoms with Crippen LogP contribution in [0.25, 0.3) is 0 Å². The molecule has 0 bridgehead atoms. The van der Waals surface area contributed by atoms with Crippen molar-refractivity contribution in [2.75, 3.05) is 31.6 Å². The fourth-order valence-corrected chi connectivity index (χ4v) is 2.37. The molecule has 1 aromatic carbocycles. The molecule has 2 N–H and O–H groups in total. The molecule has 2 amide bonds. The third kappa shape index (κ3) is 4.07. The highest BCUT2D eigenvalue weighted by Crippen LogP contribution is 2.22. The van der Waals surface area contributed by atoms with Gasteiger partial charge in [0.2, 0.25) is 0 Å². The largest absolute Gasteiger partial charge is 0.491 e. The van der Waals surface area contributed by atoms with Crippen LogP contribution in [0.15, 0.2) is 18.2 Å². The molecule has 0 radical (unpaired) electrons. The number of piperidine rings is 1. The molecule has 5 nitrogen and oxygen atoms in total. The molecule has 1 heterocycles. The van der Waals surface area contributed by atoms with E-state index in [1.807, 2.05) is 0 Å². The first-order valence-corrected chi connectivity index (χ1v) is 7.23. The fourth-order valence-electron chi connectivity index (χ4n) is 2.37. The Bertz CT molecular complexity index is 488. The number of aliphatic hydroxyl groups excluding tert-OH is 1. The van der Waals surface area contributed by atoms with Crippen molar-refractivity contribution in [3.8, 4) is 5.75 Å². The summed E-state index contributed by atoms with van der Waals surface area (Å²) in [5.74, 6) is -0.0372. The van der Waals surface area contributed by atoms with E-state index in [1.165, 1.54) is 12.1 Å². The van der Waals surface area contributed by atoms with Crippen LogP contribution in [0.3, 0.4) is 0 Å². The quantitative estimate of drug-likeness (QED) is 0.897. The minimum Gasteiger partial charge on any atom is -0.491 e. The van der Waals surface area contributed by atoms with Gasteiger partial charge in [0.1, 0.15) is 0 Å². The third-order valence-corrected chi connectivity index (χ3v) is 3.64. The number of benzene rings is 1. The summed E-state index contributed by atoms with van der Waals surface area (Å²) in [6.07, 6.45) is 1.59. The summed E-state index contributed by atoms with van der Waals surface area (Å²) in [5.41, 5.74) is 0.408. The van der Waals surface area contributed by atoms with Gasteiger partial charge in [-0.15, -0.1) is 0 Å². The molecule has 0 aromatic heterocycles. The van der Waals surface area contributed by atoms with Crippen LogP contribution in [0.4, 0.5) is 14.9 Å². The van der Waals surface area contributed by atoms with E-state index in [4.69, 9.17) is 9.84 Å². The first-order chi connectivity index (χ1) is 10.1. The number of nitrogens with one attached hydrogen (secondary N) is 1. The maximum absolute atomic E-state index is 13.7. The topological polar surface area (TPSA) is 61.8 Å². The highest BCUT2D eigenvalue weighted by Gasteiger charge is 2.22. The van der Waals surface area contributed by atoms with Crippen molar-refractivity contribution in [3.05, 3.63) is 24.0 Å². The van der Waals surface area contributed by atoms with E-state index in [0.29, 0.717) is 25.4 Å². The smallest absolute Gasteiger partial charge is 0.321 e. The Hall–Kier alpha value is -1.82. The Morgan fingerprint density at radius 1 is 1.48 bits per heavy atom. The Kier molecular flexibility index (Phi) is 5.38. The lowest BCUT2D eigenvalue weighted by Gasteiger charge is -2.31. The van der Waals surface area contributed by atoms with Crippen LogP contribution < -0.4 is 10.1 Å². The zero-order valence-corrected chi connectivity index (χ0v) is 12.1. The minimum atomic E-state index is -0.492.